The summed E-state index contributed by atoms with van der Waals surface area (Å²) in [6, 6.07) is 8.11. The van der Waals surface area contributed by atoms with Gasteiger partial charge in [-0.2, -0.15) is 22.1 Å². The fourth-order valence-electron chi connectivity index (χ4n) is 2.79. The van der Waals surface area contributed by atoms with Crippen LogP contribution in [0.3, 0.4) is 0 Å². The number of aromatic nitrogens is 1. The molecule has 0 bridgehead atoms. The van der Waals surface area contributed by atoms with E-state index in [0.29, 0.717) is 10.8 Å². The Morgan fingerprint density at radius 2 is 1.91 bits per heavy atom. The molecule has 1 aromatic carbocycles. The van der Waals surface area contributed by atoms with Gasteiger partial charge < -0.3 is 4.74 Å². The number of rotatable bonds is 8. The molecule has 180 valence electrons. The second kappa shape index (κ2) is 9.90. The molecule has 33 heavy (non-hydrogen) atoms. The van der Waals surface area contributed by atoms with Gasteiger partial charge >= 0.3 is 16.3 Å². The van der Waals surface area contributed by atoms with E-state index in [1.165, 1.54) is 18.3 Å². The summed E-state index contributed by atoms with van der Waals surface area (Å²) in [5.74, 6) is -0.572. The Morgan fingerprint density at radius 3 is 2.48 bits per heavy atom. The first kappa shape index (κ1) is 26.3. The molecule has 0 aliphatic carbocycles. The largest absolute Gasteiger partial charge is 0.443 e. The van der Waals surface area contributed by atoms with Crippen molar-refractivity contribution in [3.8, 4) is 6.07 Å². The third kappa shape index (κ3) is 7.85. The predicted octanol–water partition coefficient (Wildman–Crippen LogP) is 2.29. The summed E-state index contributed by atoms with van der Waals surface area (Å²) in [4.78, 5) is 16.1. The number of nitrogens with one attached hydrogen (secondary N) is 1. The van der Waals surface area contributed by atoms with Gasteiger partial charge in [0, 0.05) is 18.1 Å². The highest BCUT2D eigenvalue weighted by Crippen LogP contribution is 2.26. The average Bonchev–Trinajstić information content (AvgIpc) is 2.66. The van der Waals surface area contributed by atoms with E-state index in [0.717, 1.165) is 10.6 Å². The number of hydrogen-bond donors (Lipinski definition) is 1. The molecule has 0 aliphatic rings. The molecule has 0 aliphatic heterocycles. The molecule has 0 saturated carbocycles. The number of anilines is 1. The number of amides is 1. The van der Waals surface area contributed by atoms with Gasteiger partial charge in [0.15, 0.2) is 0 Å². The van der Waals surface area contributed by atoms with Gasteiger partial charge in [0.05, 0.1) is 18.6 Å². The van der Waals surface area contributed by atoms with Crippen LogP contribution in [0, 0.1) is 17.2 Å². The first-order chi connectivity index (χ1) is 15.1. The van der Waals surface area contributed by atoms with Crippen molar-refractivity contribution in [2.24, 2.45) is 5.92 Å². The molecule has 0 radical (unpaired) electrons. The van der Waals surface area contributed by atoms with Gasteiger partial charge in [0.2, 0.25) is 0 Å². The highest BCUT2D eigenvalue weighted by atomic mass is 32.2. The van der Waals surface area contributed by atoms with Crippen LogP contribution in [-0.4, -0.2) is 52.9 Å². The van der Waals surface area contributed by atoms with Gasteiger partial charge in [0.1, 0.15) is 17.4 Å². The molecule has 1 N–H and O–H groups in total. The Labute approximate surface area is 193 Å². The second-order valence-corrected chi connectivity index (χ2v) is 11.6. The number of nitrogens with zero attached hydrogens (tertiary/aromatic N) is 3. The van der Waals surface area contributed by atoms with Gasteiger partial charge in [-0.3, -0.25) is 8.49 Å². The zero-order chi connectivity index (χ0) is 25.0. The Bertz CT molecular complexity index is 1280. The van der Waals surface area contributed by atoms with Crippen molar-refractivity contribution in [1.29, 1.82) is 5.26 Å². The molecular formula is C20H26N4O7S2. The smallest absolute Gasteiger partial charge is 0.422 e. The number of carbonyl (C=O) groups excluding carboxylic acids is 1. The first-order valence-electron chi connectivity index (χ1n) is 9.78. The van der Waals surface area contributed by atoms with Crippen LogP contribution in [0.25, 0.3) is 10.8 Å². The van der Waals surface area contributed by atoms with Gasteiger partial charge in [-0.15, -0.1) is 0 Å². The topological polar surface area (TPSA) is 156 Å². The number of nitriles is 1. The van der Waals surface area contributed by atoms with Crippen molar-refractivity contribution in [2.75, 3.05) is 23.7 Å². The molecule has 1 heterocycles. The minimum Gasteiger partial charge on any atom is -0.443 e. The molecule has 0 fully saturated rings. The van der Waals surface area contributed by atoms with Crippen LogP contribution >= 0.6 is 0 Å². The predicted molar refractivity (Wildman–Crippen MR) is 122 cm³/mol. The zero-order valence-electron chi connectivity index (χ0n) is 18.9. The maximum absolute atomic E-state index is 13.1. The monoisotopic (exact) mass is 498 g/mol. The number of benzene rings is 1. The Morgan fingerprint density at radius 1 is 1.24 bits per heavy atom. The van der Waals surface area contributed by atoms with E-state index in [2.05, 4.69) is 4.98 Å². The number of fused-ring (bicyclic) bond motifs is 1. The van der Waals surface area contributed by atoms with Gasteiger partial charge in [-0.05, 0) is 56.3 Å². The minimum atomic E-state index is -4.46. The molecule has 2 aromatic rings. The minimum absolute atomic E-state index is 0.176. The average molecular weight is 499 g/mol. The van der Waals surface area contributed by atoms with Crippen LogP contribution in [0.4, 0.5) is 10.5 Å². The molecular weight excluding hydrogens is 472 g/mol. The normalized spacial score (nSPS) is 13.2. The molecule has 0 unspecified atom stereocenters. The number of carbonyl (C=O) groups is 1. The van der Waals surface area contributed by atoms with Crippen LogP contribution in [0.15, 0.2) is 30.5 Å². The van der Waals surface area contributed by atoms with Crippen LogP contribution in [0.5, 0.6) is 0 Å². The summed E-state index contributed by atoms with van der Waals surface area (Å²) in [6.45, 7) is 5.88. The number of pyridine rings is 1. The maximum Gasteiger partial charge on any atom is 0.422 e. The molecule has 0 saturated heterocycles. The van der Waals surface area contributed by atoms with E-state index in [-0.39, 0.29) is 24.5 Å². The van der Waals surface area contributed by atoms with Gasteiger partial charge in [0.25, 0.3) is 10.1 Å². The van der Waals surface area contributed by atoms with Gasteiger partial charge in [-0.25, -0.2) is 14.5 Å². The van der Waals surface area contributed by atoms with Crippen molar-refractivity contribution < 1.29 is 30.6 Å². The van der Waals surface area contributed by atoms with Crippen molar-refractivity contribution in [2.45, 2.75) is 33.3 Å². The third-order valence-corrected chi connectivity index (χ3v) is 6.02. The van der Waals surface area contributed by atoms with E-state index >= 15 is 0 Å². The second-order valence-electron chi connectivity index (χ2n) is 8.41. The molecule has 1 atom stereocenters. The lowest BCUT2D eigenvalue weighted by molar-refractivity contribution is 0.0570. The third-order valence-electron chi connectivity index (χ3n) is 4.09. The van der Waals surface area contributed by atoms with Crippen molar-refractivity contribution in [3.63, 3.8) is 0 Å². The number of hydrogen-bond acceptors (Lipinski definition) is 9. The summed E-state index contributed by atoms with van der Waals surface area (Å²) < 4.78 is 61.5. The van der Waals surface area contributed by atoms with Crippen LogP contribution < -0.4 is 9.03 Å². The van der Waals surface area contributed by atoms with Crippen molar-refractivity contribution in [1.82, 2.24) is 9.71 Å². The fourth-order valence-corrected chi connectivity index (χ4v) is 4.47. The lowest BCUT2D eigenvalue weighted by Gasteiger charge is -2.28. The number of ether oxygens (including phenoxy) is 1. The first-order valence-corrected chi connectivity index (χ1v) is 13.0. The highest BCUT2D eigenvalue weighted by molar-refractivity contribution is 7.91. The Hall–Kier alpha value is -2.95. The Balaban J connectivity index is 2.45. The van der Waals surface area contributed by atoms with E-state index < -0.39 is 37.9 Å². The van der Waals surface area contributed by atoms with Crippen LogP contribution in [-0.2, 0) is 29.2 Å². The van der Waals surface area contributed by atoms with Crippen LogP contribution in [0.1, 0.15) is 33.4 Å². The summed E-state index contributed by atoms with van der Waals surface area (Å²) >= 11 is 0. The maximum atomic E-state index is 13.1. The molecule has 1 amide bonds. The Kier molecular flexibility index (Phi) is 7.89. The van der Waals surface area contributed by atoms with E-state index in [1.54, 1.807) is 39.8 Å². The zero-order valence-corrected chi connectivity index (χ0v) is 20.5. The van der Waals surface area contributed by atoms with Crippen LogP contribution in [0.2, 0.25) is 0 Å². The molecule has 11 nitrogen and oxygen atoms in total. The van der Waals surface area contributed by atoms with Gasteiger partial charge in [-0.1, -0.05) is 6.92 Å². The summed E-state index contributed by atoms with van der Waals surface area (Å²) in [5.41, 5.74) is -0.569. The highest BCUT2D eigenvalue weighted by Gasteiger charge is 2.29. The summed E-state index contributed by atoms with van der Waals surface area (Å²) in [5, 5.41) is 10.3. The molecule has 0 spiro atoms. The van der Waals surface area contributed by atoms with Crippen molar-refractivity contribution >= 4 is 42.9 Å². The lowest BCUT2D eigenvalue weighted by Crippen LogP contribution is -2.47. The summed E-state index contributed by atoms with van der Waals surface area (Å²) in [7, 11) is -8.18. The SMILES string of the molecule is C[C@H](COS(C)(=O)=O)CN(c1ccc2c(C#N)nccc2c1)S(=O)(=O)NC(=O)OC(C)(C)C. The van der Waals surface area contributed by atoms with E-state index in [1.807, 2.05) is 10.8 Å². The molecule has 2 rings (SSSR count). The molecule has 1 aromatic heterocycles. The van der Waals surface area contributed by atoms with Crippen molar-refractivity contribution in [3.05, 3.63) is 36.2 Å². The molecule has 13 heteroatoms. The van der Waals surface area contributed by atoms with E-state index in [4.69, 9.17) is 8.92 Å². The standard InChI is InChI=1S/C20H26N4O7S2/c1-14(13-30-32(5,26)27)12-24(33(28,29)23-19(25)31-20(2,3)4)16-6-7-17-15(10-16)8-9-22-18(17)11-21/h6-10,14H,12-13H2,1-5H3,(H,23,25)/t14-/m0/s1. The fraction of sp³-hybridized carbons (Fsp3) is 0.450. The van der Waals surface area contributed by atoms with E-state index in [9.17, 15) is 26.9 Å². The summed E-state index contributed by atoms with van der Waals surface area (Å²) in [6.07, 6.45) is 1.15. The lowest BCUT2D eigenvalue weighted by atomic mass is 10.1. The quantitative estimate of drug-likeness (QED) is 0.539.